The predicted molar refractivity (Wildman–Crippen MR) is 49.6 cm³/mol. The lowest BCUT2D eigenvalue weighted by molar-refractivity contribution is 0.292. The number of benzene rings is 1. The van der Waals surface area contributed by atoms with Crippen molar-refractivity contribution in [1.29, 1.82) is 0 Å². The second kappa shape index (κ2) is 2.97. The summed E-state index contributed by atoms with van der Waals surface area (Å²) in [6, 6.07) is 7.00. The predicted octanol–water partition coefficient (Wildman–Crippen LogP) is 1.52. The van der Waals surface area contributed by atoms with Crippen LogP contribution >= 0.6 is 0 Å². The van der Waals surface area contributed by atoms with Crippen LogP contribution in [-0.4, -0.2) is 17.7 Å². The molecule has 0 aromatic heterocycles. The summed E-state index contributed by atoms with van der Waals surface area (Å²) in [6.07, 6.45) is 0. The Bertz CT molecular complexity index is 349. The lowest BCUT2D eigenvalue weighted by atomic mass is 10.3. The number of hydrogen-bond acceptors (Lipinski definition) is 4. The number of nitrogens with zero attached hydrogens (tertiary/aromatic N) is 2. The molecule has 68 valence electrons. The highest BCUT2D eigenvalue weighted by Gasteiger charge is 2.16. The molecule has 0 radical (unpaired) electrons. The van der Waals surface area contributed by atoms with Gasteiger partial charge in [0.1, 0.15) is 18.1 Å². The molecule has 0 saturated heterocycles. The molecule has 1 aromatic rings. The van der Waals surface area contributed by atoms with E-state index in [0.29, 0.717) is 18.3 Å². The van der Waals surface area contributed by atoms with E-state index in [2.05, 4.69) is 4.99 Å². The molecule has 0 aliphatic carbocycles. The maximum absolute atomic E-state index is 9.48. The summed E-state index contributed by atoms with van der Waals surface area (Å²) in [5.74, 6) is 0.815. The largest absolute Gasteiger partial charge is 0.506 e. The van der Waals surface area contributed by atoms with Gasteiger partial charge in [-0.15, -0.1) is 0 Å². The zero-order chi connectivity index (χ0) is 9.26. The average molecular weight is 178 g/mol. The van der Waals surface area contributed by atoms with Crippen LogP contribution < -0.4 is 5.06 Å². The Kier molecular flexibility index (Phi) is 1.81. The molecule has 0 fully saturated rings. The molecule has 0 atom stereocenters. The van der Waals surface area contributed by atoms with Gasteiger partial charge in [-0.1, -0.05) is 12.1 Å². The molecule has 2 rings (SSSR count). The Morgan fingerprint density at radius 2 is 2.23 bits per heavy atom. The normalized spacial score (nSPS) is 15.5. The monoisotopic (exact) mass is 178 g/mol. The Labute approximate surface area is 76.0 Å². The second-order valence-corrected chi connectivity index (χ2v) is 2.78. The quantitative estimate of drug-likeness (QED) is 0.709. The molecule has 0 unspecified atom stereocenters. The van der Waals surface area contributed by atoms with Crippen LogP contribution in [0.2, 0.25) is 0 Å². The van der Waals surface area contributed by atoms with Gasteiger partial charge < -0.3 is 9.94 Å². The Morgan fingerprint density at radius 1 is 1.46 bits per heavy atom. The van der Waals surface area contributed by atoms with Gasteiger partial charge in [-0.2, -0.15) is 5.06 Å². The van der Waals surface area contributed by atoms with E-state index in [4.69, 9.17) is 4.84 Å². The van der Waals surface area contributed by atoms with E-state index >= 15 is 0 Å². The SMILES string of the molecule is CC1=NCN(c2ccccc2O)O1. The van der Waals surface area contributed by atoms with Crippen LogP contribution in [0, 0.1) is 0 Å². The number of hydroxylamine groups is 1. The van der Waals surface area contributed by atoms with E-state index < -0.39 is 0 Å². The van der Waals surface area contributed by atoms with Crippen LogP contribution in [-0.2, 0) is 4.84 Å². The Hall–Kier alpha value is -1.71. The zero-order valence-corrected chi connectivity index (χ0v) is 7.27. The molecule has 0 saturated carbocycles. The van der Waals surface area contributed by atoms with Crippen LogP contribution in [0.25, 0.3) is 0 Å². The number of anilines is 1. The van der Waals surface area contributed by atoms with Gasteiger partial charge in [0.05, 0.1) is 0 Å². The van der Waals surface area contributed by atoms with Gasteiger partial charge in [-0.25, -0.2) is 4.99 Å². The third-order valence-electron chi connectivity index (χ3n) is 1.81. The van der Waals surface area contributed by atoms with Crippen LogP contribution in [0.1, 0.15) is 6.92 Å². The maximum atomic E-state index is 9.48. The third-order valence-corrected chi connectivity index (χ3v) is 1.81. The van der Waals surface area contributed by atoms with Crippen molar-refractivity contribution in [3.05, 3.63) is 24.3 Å². The molecule has 1 aliphatic rings. The number of phenolic OH excluding ortho intramolecular Hbond substituents is 1. The van der Waals surface area contributed by atoms with E-state index in [1.807, 2.05) is 6.07 Å². The van der Waals surface area contributed by atoms with Crippen molar-refractivity contribution in [2.24, 2.45) is 4.99 Å². The number of aliphatic imine (C=N–C) groups is 1. The molecule has 4 nitrogen and oxygen atoms in total. The minimum absolute atomic E-state index is 0.201. The van der Waals surface area contributed by atoms with Crippen molar-refractivity contribution in [3.63, 3.8) is 0 Å². The van der Waals surface area contributed by atoms with Crippen LogP contribution in [0.4, 0.5) is 5.69 Å². The van der Waals surface area contributed by atoms with Crippen molar-refractivity contribution in [2.45, 2.75) is 6.92 Å². The first kappa shape index (κ1) is 7.91. The molecule has 0 bridgehead atoms. The summed E-state index contributed by atoms with van der Waals surface area (Å²) in [7, 11) is 0. The minimum atomic E-state index is 0.201. The summed E-state index contributed by atoms with van der Waals surface area (Å²) >= 11 is 0. The molecular formula is C9H10N2O2. The van der Waals surface area contributed by atoms with Crippen molar-refractivity contribution in [1.82, 2.24) is 0 Å². The van der Waals surface area contributed by atoms with E-state index in [1.54, 1.807) is 30.2 Å². The maximum Gasteiger partial charge on any atom is 0.216 e. The molecule has 0 spiro atoms. The number of para-hydroxylation sites is 2. The lowest BCUT2D eigenvalue weighted by Crippen LogP contribution is -2.18. The first-order valence-corrected chi connectivity index (χ1v) is 4.02. The molecule has 1 aromatic carbocycles. The first-order valence-electron chi connectivity index (χ1n) is 4.02. The van der Waals surface area contributed by atoms with Gasteiger partial charge in [-0.3, -0.25) is 0 Å². The van der Waals surface area contributed by atoms with Crippen LogP contribution in [0.5, 0.6) is 5.75 Å². The molecule has 1 heterocycles. The molecule has 1 N–H and O–H groups in total. The highest BCUT2D eigenvalue weighted by molar-refractivity contribution is 5.77. The minimum Gasteiger partial charge on any atom is -0.506 e. The molecular weight excluding hydrogens is 168 g/mol. The molecule has 0 amide bonds. The van der Waals surface area contributed by atoms with Gasteiger partial charge in [0.15, 0.2) is 0 Å². The van der Waals surface area contributed by atoms with E-state index in [9.17, 15) is 5.11 Å². The number of rotatable bonds is 1. The summed E-state index contributed by atoms with van der Waals surface area (Å²) < 4.78 is 0. The average Bonchev–Trinajstić information content (AvgIpc) is 2.53. The summed E-state index contributed by atoms with van der Waals surface area (Å²) in [5, 5.41) is 11.0. The summed E-state index contributed by atoms with van der Waals surface area (Å²) in [4.78, 5) is 9.30. The standard InChI is InChI=1S/C9H10N2O2/c1-7-10-6-11(13-7)8-4-2-3-5-9(8)12/h2-5,12H,6H2,1H3. The van der Waals surface area contributed by atoms with Crippen molar-refractivity contribution >= 4 is 11.6 Å². The summed E-state index contributed by atoms with van der Waals surface area (Å²) in [6.45, 7) is 2.21. The number of aromatic hydroxyl groups is 1. The molecule has 13 heavy (non-hydrogen) atoms. The van der Waals surface area contributed by atoms with Gasteiger partial charge in [-0.05, 0) is 12.1 Å². The topological polar surface area (TPSA) is 45.1 Å². The smallest absolute Gasteiger partial charge is 0.216 e. The van der Waals surface area contributed by atoms with Gasteiger partial charge in [0, 0.05) is 6.92 Å². The fraction of sp³-hybridized carbons (Fsp3) is 0.222. The van der Waals surface area contributed by atoms with E-state index in [1.165, 1.54) is 0 Å². The van der Waals surface area contributed by atoms with Crippen molar-refractivity contribution in [3.8, 4) is 5.75 Å². The van der Waals surface area contributed by atoms with Gasteiger partial charge in [0.25, 0.3) is 0 Å². The van der Waals surface area contributed by atoms with E-state index in [0.717, 1.165) is 0 Å². The van der Waals surface area contributed by atoms with Gasteiger partial charge in [0.2, 0.25) is 5.90 Å². The highest BCUT2D eigenvalue weighted by atomic mass is 16.7. The fourth-order valence-electron chi connectivity index (χ4n) is 1.18. The summed E-state index contributed by atoms with van der Waals surface area (Å²) in [5.41, 5.74) is 0.642. The Morgan fingerprint density at radius 3 is 2.85 bits per heavy atom. The molecule has 4 heteroatoms. The van der Waals surface area contributed by atoms with Crippen molar-refractivity contribution < 1.29 is 9.94 Å². The van der Waals surface area contributed by atoms with Crippen LogP contribution in [0.15, 0.2) is 29.3 Å². The first-order chi connectivity index (χ1) is 6.27. The molecule has 1 aliphatic heterocycles. The Balaban J connectivity index is 2.23. The van der Waals surface area contributed by atoms with Crippen molar-refractivity contribution in [2.75, 3.05) is 11.7 Å². The number of phenols is 1. The second-order valence-electron chi connectivity index (χ2n) is 2.78. The highest BCUT2D eigenvalue weighted by Crippen LogP contribution is 2.27. The lowest BCUT2D eigenvalue weighted by Gasteiger charge is -2.16. The third kappa shape index (κ3) is 1.42. The zero-order valence-electron chi connectivity index (χ0n) is 7.27. The van der Waals surface area contributed by atoms with Gasteiger partial charge >= 0.3 is 0 Å². The van der Waals surface area contributed by atoms with E-state index in [-0.39, 0.29) is 5.75 Å². The van der Waals surface area contributed by atoms with Crippen LogP contribution in [0.3, 0.4) is 0 Å². The fourth-order valence-corrected chi connectivity index (χ4v) is 1.18. The number of hydrogen-bond donors (Lipinski definition) is 1.